The number of nitrogens with zero attached hydrogens (tertiary/aromatic N) is 1. The average molecular weight is 327 g/mol. The second kappa shape index (κ2) is 8.63. The van der Waals surface area contributed by atoms with Gasteiger partial charge in [-0.2, -0.15) is 0 Å². The molecular formula is C16H23ClN2O3. The third kappa shape index (κ3) is 5.22. The molecule has 0 aromatic heterocycles. The number of benzene rings is 1. The summed E-state index contributed by atoms with van der Waals surface area (Å²) in [4.78, 5) is 25.5. The highest BCUT2D eigenvalue weighted by molar-refractivity contribution is 6.31. The topological polar surface area (TPSA) is 58.6 Å². The van der Waals surface area contributed by atoms with Gasteiger partial charge >= 0.3 is 0 Å². The van der Waals surface area contributed by atoms with E-state index in [0.29, 0.717) is 23.0 Å². The number of hydrogen-bond donors (Lipinski definition) is 1. The van der Waals surface area contributed by atoms with Gasteiger partial charge in [-0.3, -0.25) is 9.59 Å². The molecule has 0 atom stereocenters. The zero-order valence-electron chi connectivity index (χ0n) is 13.5. The molecule has 0 spiro atoms. The minimum Gasteiger partial charge on any atom is -0.495 e. The molecule has 0 radical (unpaired) electrons. The van der Waals surface area contributed by atoms with Gasteiger partial charge in [0.05, 0.1) is 12.8 Å². The third-order valence-electron chi connectivity index (χ3n) is 3.34. The van der Waals surface area contributed by atoms with E-state index >= 15 is 0 Å². The molecule has 22 heavy (non-hydrogen) atoms. The third-order valence-corrected chi connectivity index (χ3v) is 3.75. The van der Waals surface area contributed by atoms with Crippen LogP contribution in [0.5, 0.6) is 5.75 Å². The maximum atomic E-state index is 12.0. The van der Waals surface area contributed by atoms with Crippen molar-refractivity contribution >= 4 is 29.1 Å². The van der Waals surface area contributed by atoms with Gasteiger partial charge in [0.2, 0.25) is 11.8 Å². The highest BCUT2D eigenvalue weighted by Gasteiger charge is 2.16. The van der Waals surface area contributed by atoms with Gasteiger partial charge in [-0.05, 0) is 25.0 Å². The van der Waals surface area contributed by atoms with Gasteiger partial charge < -0.3 is 15.0 Å². The Labute approximate surface area is 136 Å². The van der Waals surface area contributed by atoms with Crippen LogP contribution in [0.1, 0.15) is 31.7 Å². The minimum atomic E-state index is -0.367. The summed E-state index contributed by atoms with van der Waals surface area (Å²) in [5, 5.41) is 3.26. The highest BCUT2D eigenvalue weighted by Crippen LogP contribution is 2.30. The molecule has 0 bridgehead atoms. The molecule has 2 amide bonds. The molecule has 0 aliphatic rings. The number of rotatable bonds is 7. The van der Waals surface area contributed by atoms with Crippen LogP contribution in [0.4, 0.5) is 5.69 Å². The fourth-order valence-electron chi connectivity index (χ4n) is 1.92. The Morgan fingerprint density at radius 1 is 1.36 bits per heavy atom. The van der Waals surface area contributed by atoms with Crippen LogP contribution >= 0.6 is 11.6 Å². The van der Waals surface area contributed by atoms with Crippen molar-refractivity contribution in [2.75, 3.05) is 26.0 Å². The second-order valence-corrected chi connectivity index (χ2v) is 5.60. The van der Waals surface area contributed by atoms with Crippen molar-refractivity contribution in [3.05, 3.63) is 22.7 Å². The average Bonchev–Trinajstić information content (AvgIpc) is 2.47. The maximum absolute atomic E-state index is 12.0. The first kappa shape index (κ1) is 18.3. The number of anilines is 1. The van der Waals surface area contributed by atoms with E-state index in [2.05, 4.69) is 12.2 Å². The molecule has 122 valence electrons. The van der Waals surface area contributed by atoms with Gasteiger partial charge in [0.15, 0.2) is 0 Å². The van der Waals surface area contributed by atoms with Crippen molar-refractivity contribution in [1.29, 1.82) is 0 Å². The molecule has 5 nitrogen and oxygen atoms in total. The van der Waals surface area contributed by atoms with E-state index in [1.54, 1.807) is 24.1 Å². The van der Waals surface area contributed by atoms with Gasteiger partial charge in [-0.15, -0.1) is 0 Å². The molecule has 0 aliphatic heterocycles. The lowest BCUT2D eigenvalue weighted by atomic mass is 10.2. The highest BCUT2D eigenvalue weighted by atomic mass is 35.5. The summed E-state index contributed by atoms with van der Waals surface area (Å²) in [6.07, 6.45) is 1.74. The molecule has 1 N–H and O–H groups in total. The second-order valence-electron chi connectivity index (χ2n) is 5.20. The SMILES string of the molecule is CCCCN(C)C(=O)CC(=O)Nc1cc(C)c(Cl)cc1OC. The molecule has 0 fully saturated rings. The Hall–Kier alpha value is -1.75. The molecule has 6 heteroatoms. The van der Waals surface area contributed by atoms with E-state index in [0.717, 1.165) is 18.4 Å². The Balaban J connectivity index is 2.69. The van der Waals surface area contributed by atoms with Crippen LogP contribution in [0.15, 0.2) is 12.1 Å². The summed E-state index contributed by atoms with van der Waals surface area (Å²) in [6, 6.07) is 3.37. The lowest BCUT2D eigenvalue weighted by molar-refractivity contribution is -0.133. The van der Waals surface area contributed by atoms with Crippen LogP contribution in [0.3, 0.4) is 0 Å². The van der Waals surface area contributed by atoms with Gasteiger partial charge in [0, 0.05) is 24.7 Å². The molecular weight excluding hydrogens is 304 g/mol. The number of nitrogens with one attached hydrogen (secondary N) is 1. The number of hydrogen-bond acceptors (Lipinski definition) is 3. The maximum Gasteiger partial charge on any atom is 0.233 e. The predicted molar refractivity (Wildman–Crippen MR) is 88.5 cm³/mol. The molecule has 0 unspecified atom stereocenters. The molecule has 0 saturated heterocycles. The van der Waals surface area contributed by atoms with Gasteiger partial charge in [-0.1, -0.05) is 24.9 Å². The largest absolute Gasteiger partial charge is 0.495 e. The number of carbonyl (C=O) groups is 2. The Morgan fingerprint density at radius 2 is 2.05 bits per heavy atom. The van der Waals surface area contributed by atoms with Crippen molar-refractivity contribution in [2.24, 2.45) is 0 Å². The Morgan fingerprint density at radius 3 is 2.64 bits per heavy atom. The first-order valence-electron chi connectivity index (χ1n) is 7.27. The van der Waals surface area contributed by atoms with E-state index in [1.165, 1.54) is 7.11 Å². The summed E-state index contributed by atoms with van der Waals surface area (Å²) in [6.45, 7) is 4.55. The lowest BCUT2D eigenvalue weighted by Crippen LogP contribution is -2.31. The smallest absolute Gasteiger partial charge is 0.233 e. The van der Waals surface area contributed by atoms with Crippen LogP contribution < -0.4 is 10.1 Å². The molecule has 0 aliphatic carbocycles. The molecule has 1 aromatic carbocycles. The number of unbranched alkanes of at least 4 members (excludes halogenated alkanes) is 1. The molecule has 1 aromatic rings. The number of carbonyl (C=O) groups excluding carboxylic acids is 2. The first-order chi connectivity index (χ1) is 10.4. The monoisotopic (exact) mass is 326 g/mol. The van der Waals surface area contributed by atoms with E-state index in [1.807, 2.05) is 6.92 Å². The van der Waals surface area contributed by atoms with Crippen LogP contribution in [0.2, 0.25) is 5.02 Å². The molecule has 1 rings (SSSR count). The number of methoxy groups -OCH3 is 1. The van der Waals surface area contributed by atoms with Crippen LogP contribution in [0, 0.1) is 6.92 Å². The van der Waals surface area contributed by atoms with Crippen LogP contribution in [-0.2, 0) is 9.59 Å². The van der Waals surface area contributed by atoms with E-state index in [-0.39, 0.29) is 18.2 Å². The number of ether oxygens (including phenoxy) is 1. The van der Waals surface area contributed by atoms with E-state index in [4.69, 9.17) is 16.3 Å². The van der Waals surface area contributed by atoms with Gasteiger partial charge in [-0.25, -0.2) is 0 Å². The zero-order valence-corrected chi connectivity index (χ0v) is 14.3. The predicted octanol–water partition coefficient (Wildman–Crippen LogP) is 3.24. The van der Waals surface area contributed by atoms with Crippen LogP contribution in [0.25, 0.3) is 0 Å². The first-order valence-corrected chi connectivity index (χ1v) is 7.64. The quantitative estimate of drug-likeness (QED) is 0.782. The lowest BCUT2D eigenvalue weighted by Gasteiger charge is -2.17. The molecule has 0 heterocycles. The Kier molecular flexibility index (Phi) is 7.18. The van der Waals surface area contributed by atoms with Crippen molar-refractivity contribution < 1.29 is 14.3 Å². The normalized spacial score (nSPS) is 10.2. The van der Waals surface area contributed by atoms with E-state index in [9.17, 15) is 9.59 Å². The summed E-state index contributed by atoms with van der Waals surface area (Å²) >= 11 is 6.02. The fourth-order valence-corrected chi connectivity index (χ4v) is 2.07. The fraction of sp³-hybridized carbons (Fsp3) is 0.500. The summed E-state index contributed by atoms with van der Waals surface area (Å²) in [5.41, 5.74) is 1.34. The van der Waals surface area contributed by atoms with Crippen molar-refractivity contribution in [3.63, 3.8) is 0 Å². The summed E-state index contributed by atoms with van der Waals surface area (Å²) < 4.78 is 5.19. The number of amides is 2. The molecule has 0 saturated carbocycles. The van der Waals surface area contributed by atoms with E-state index < -0.39 is 0 Å². The summed E-state index contributed by atoms with van der Waals surface area (Å²) in [7, 11) is 3.21. The van der Waals surface area contributed by atoms with Gasteiger partial charge in [0.1, 0.15) is 12.2 Å². The number of halogens is 1. The Bertz CT molecular complexity index is 546. The van der Waals surface area contributed by atoms with Crippen molar-refractivity contribution in [1.82, 2.24) is 4.90 Å². The van der Waals surface area contributed by atoms with Crippen molar-refractivity contribution in [2.45, 2.75) is 33.1 Å². The van der Waals surface area contributed by atoms with Crippen LogP contribution in [-0.4, -0.2) is 37.4 Å². The standard InChI is InChI=1S/C16H23ClN2O3/c1-5-6-7-19(3)16(21)10-15(20)18-13-8-11(2)12(17)9-14(13)22-4/h8-9H,5-7,10H2,1-4H3,(H,18,20). The summed E-state index contributed by atoms with van der Waals surface area (Å²) in [5.74, 6) is -0.0975. The minimum absolute atomic E-state index is 0.189. The van der Waals surface area contributed by atoms with Crippen molar-refractivity contribution in [3.8, 4) is 5.75 Å². The number of aryl methyl sites for hydroxylation is 1. The zero-order chi connectivity index (χ0) is 16.7. The van der Waals surface area contributed by atoms with Gasteiger partial charge in [0.25, 0.3) is 0 Å².